The SMILES string of the molecule is CC1(C)CNCCN1Cc1nc(-c2ccsc2)no1. The van der Waals surface area contributed by atoms with Gasteiger partial charge in [0.05, 0.1) is 6.54 Å². The van der Waals surface area contributed by atoms with Gasteiger partial charge in [-0.3, -0.25) is 4.90 Å². The van der Waals surface area contributed by atoms with E-state index in [-0.39, 0.29) is 5.54 Å². The van der Waals surface area contributed by atoms with Gasteiger partial charge in [-0.1, -0.05) is 5.16 Å². The Balaban J connectivity index is 1.73. The third kappa shape index (κ3) is 2.70. The van der Waals surface area contributed by atoms with Crippen molar-refractivity contribution in [3.05, 3.63) is 22.7 Å². The van der Waals surface area contributed by atoms with Crippen molar-refractivity contribution in [3.63, 3.8) is 0 Å². The number of hydrogen-bond acceptors (Lipinski definition) is 6. The van der Waals surface area contributed by atoms with E-state index in [0.29, 0.717) is 18.3 Å². The molecule has 102 valence electrons. The van der Waals surface area contributed by atoms with Crippen LogP contribution < -0.4 is 5.32 Å². The smallest absolute Gasteiger partial charge is 0.241 e. The fourth-order valence-corrected chi connectivity index (χ4v) is 2.94. The van der Waals surface area contributed by atoms with Crippen LogP contribution in [0.25, 0.3) is 11.4 Å². The van der Waals surface area contributed by atoms with Gasteiger partial charge in [0.1, 0.15) is 0 Å². The number of aromatic nitrogens is 2. The van der Waals surface area contributed by atoms with Crippen LogP contribution in [0.5, 0.6) is 0 Å². The first kappa shape index (κ1) is 12.8. The molecule has 6 heteroatoms. The highest BCUT2D eigenvalue weighted by atomic mass is 32.1. The summed E-state index contributed by atoms with van der Waals surface area (Å²) in [5.74, 6) is 1.38. The molecule has 0 aliphatic carbocycles. The molecule has 2 aromatic heterocycles. The quantitative estimate of drug-likeness (QED) is 0.930. The van der Waals surface area contributed by atoms with E-state index in [2.05, 4.69) is 34.2 Å². The molecule has 1 fully saturated rings. The van der Waals surface area contributed by atoms with Crippen molar-refractivity contribution in [2.75, 3.05) is 19.6 Å². The third-order valence-electron chi connectivity index (χ3n) is 3.55. The fraction of sp³-hybridized carbons (Fsp3) is 0.538. The number of nitrogens with zero attached hydrogens (tertiary/aromatic N) is 3. The van der Waals surface area contributed by atoms with Crippen LogP contribution in [0.3, 0.4) is 0 Å². The number of hydrogen-bond donors (Lipinski definition) is 1. The highest BCUT2D eigenvalue weighted by Gasteiger charge is 2.30. The molecule has 0 saturated carbocycles. The minimum atomic E-state index is 0.120. The lowest BCUT2D eigenvalue weighted by Gasteiger charge is -2.41. The van der Waals surface area contributed by atoms with Gasteiger partial charge in [0.25, 0.3) is 0 Å². The molecule has 1 N–H and O–H groups in total. The maximum absolute atomic E-state index is 5.37. The molecule has 19 heavy (non-hydrogen) atoms. The van der Waals surface area contributed by atoms with Crippen LogP contribution in [-0.2, 0) is 6.54 Å². The summed E-state index contributed by atoms with van der Waals surface area (Å²) in [5, 5.41) is 11.5. The van der Waals surface area contributed by atoms with Crippen LogP contribution in [-0.4, -0.2) is 40.2 Å². The number of piperazine rings is 1. The number of rotatable bonds is 3. The Labute approximate surface area is 116 Å². The Morgan fingerprint density at radius 3 is 3.16 bits per heavy atom. The molecule has 0 aromatic carbocycles. The predicted octanol–water partition coefficient (Wildman–Crippen LogP) is 1.98. The highest BCUT2D eigenvalue weighted by molar-refractivity contribution is 7.08. The van der Waals surface area contributed by atoms with Crippen molar-refractivity contribution in [1.29, 1.82) is 0 Å². The second-order valence-corrected chi connectivity index (χ2v) is 6.21. The Morgan fingerprint density at radius 2 is 2.42 bits per heavy atom. The topological polar surface area (TPSA) is 54.2 Å². The van der Waals surface area contributed by atoms with Gasteiger partial charge in [-0.15, -0.1) is 0 Å². The largest absolute Gasteiger partial charge is 0.338 e. The molecule has 1 saturated heterocycles. The Morgan fingerprint density at radius 1 is 1.53 bits per heavy atom. The molecule has 1 aliphatic heterocycles. The van der Waals surface area contributed by atoms with Crippen LogP contribution in [0.2, 0.25) is 0 Å². The van der Waals surface area contributed by atoms with E-state index in [9.17, 15) is 0 Å². The summed E-state index contributed by atoms with van der Waals surface area (Å²) in [6.07, 6.45) is 0. The third-order valence-corrected chi connectivity index (χ3v) is 4.23. The van der Waals surface area contributed by atoms with E-state index in [1.54, 1.807) is 11.3 Å². The Kier molecular flexibility index (Phi) is 3.38. The van der Waals surface area contributed by atoms with E-state index in [1.165, 1.54) is 0 Å². The average Bonchev–Trinajstić information content (AvgIpc) is 3.02. The molecular weight excluding hydrogens is 260 g/mol. The van der Waals surface area contributed by atoms with Gasteiger partial charge in [0.15, 0.2) is 0 Å². The van der Waals surface area contributed by atoms with Crippen LogP contribution in [0.4, 0.5) is 0 Å². The predicted molar refractivity (Wildman–Crippen MR) is 75.0 cm³/mol. The minimum absolute atomic E-state index is 0.120. The van der Waals surface area contributed by atoms with Crippen molar-refractivity contribution in [2.24, 2.45) is 0 Å². The first-order valence-corrected chi connectivity index (χ1v) is 7.40. The fourth-order valence-electron chi connectivity index (χ4n) is 2.31. The van der Waals surface area contributed by atoms with E-state index >= 15 is 0 Å². The molecule has 5 nitrogen and oxygen atoms in total. The lowest BCUT2D eigenvalue weighted by Crippen LogP contribution is -2.57. The van der Waals surface area contributed by atoms with E-state index in [4.69, 9.17) is 4.52 Å². The Bertz CT molecular complexity index is 535. The summed E-state index contributed by atoms with van der Waals surface area (Å²) >= 11 is 1.64. The van der Waals surface area contributed by atoms with Gasteiger partial charge >= 0.3 is 0 Å². The molecule has 0 radical (unpaired) electrons. The molecular formula is C13H18N4OS. The van der Waals surface area contributed by atoms with Crippen molar-refractivity contribution >= 4 is 11.3 Å². The van der Waals surface area contributed by atoms with Gasteiger partial charge in [-0.25, -0.2) is 0 Å². The van der Waals surface area contributed by atoms with Gasteiger partial charge in [0.2, 0.25) is 11.7 Å². The van der Waals surface area contributed by atoms with Crippen molar-refractivity contribution in [1.82, 2.24) is 20.4 Å². The lowest BCUT2D eigenvalue weighted by atomic mass is 10.0. The highest BCUT2D eigenvalue weighted by Crippen LogP contribution is 2.22. The van der Waals surface area contributed by atoms with Gasteiger partial charge in [-0.05, 0) is 25.3 Å². The summed E-state index contributed by atoms with van der Waals surface area (Å²) in [6.45, 7) is 8.17. The standard InChI is InChI=1S/C13H18N4OS/c1-13(2)9-14-4-5-17(13)7-11-15-12(16-18-11)10-3-6-19-8-10/h3,6,8,14H,4-5,7,9H2,1-2H3. The molecule has 0 spiro atoms. The lowest BCUT2D eigenvalue weighted by molar-refractivity contribution is 0.0711. The minimum Gasteiger partial charge on any atom is -0.338 e. The van der Waals surface area contributed by atoms with Crippen molar-refractivity contribution in [3.8, 4) is 11.4 Å². The second-order valence-electron chi connectivity index (χ2n) is 5.43. The summed E-state index contributed by atoms with van der Waals surface area (Å²) in [4.78, 5) is 6.86. The van der Waals surface area contributed by atoms with Crippen molar-refractivity contribution in [2.45, 2.75) is 25.9 Å². The first-order valence-electron chi connectivity index (χ1n) is 6.46. The average molecular weight is 278 g/mol. The first-order chi connectivity index (χ1) is 9.15. The molecule has 3 heterocycles. The monoisotopic (exact) mass is 278 g/mol. The summed E-state index contributed by atoms with van der Waals surface area (Å²) < 4.78 is 5.37. The molecule has 0 atom stereocenters. The Hall–Kier alpha value is -1.24. The van der Waals surface area contributed by atoms with Crippen LogP contribution >= 0.6 is 11.3 Å². The molecule has 1 aliphatic rings. The summed E-state index contributed by atoms with van der Waals surface area (Å²) in [6, 6.07) is 2.01. The zero-order valence-corrected chi connectivity index (χ0v) is 12.0. The molecule has 2 aromatic rings. The van der Waals surface area contributed by atoms with Gasteiger partial charge in [-0.2, -0.15) is 16.3 Å². The number of thiophene rings is 1. The maximum atomic E-state index is 5.37. The second kappa shape index (κ2) is 5.03. The molecule has 3 rings (SSSR count). The zero-order valence-electron chi connectivity index (χ0n) is 11.2. The maximum Gasteiger partial charge on any atom is 0.241 e. The molecule has 0 bridgehead atoms. The van der Waals surface area contributed by atoms with Gasteiger partial charge < -0.3 is 9.84 Å². The normalized spacial score (nSPS) is 19.7. The van der Waals surface area contributed by atoms with Crippen LogP contribution in [0.1, 0.15) is 19.7 Å². The van der Waals surface area contributed by atoms with E-state index in [0.717, 1.165) is 25.2 Å². The molecule has 0 unspecified atom stereocenters. The van der Waals surface area contributed by atoms with Gasteiger partial charge in [0, 0.05) is 36.1 Å². The summed E-state index contributed by atoms with van der Waals surface area (Å²) in [5.41, 5.74) is 1.15. The van der Waals surface area contributed by atoms with Crippen LogP contribution in [0.15, 0.2) is 21.3 Å². The zero-order chi connectivity index (χ0) is 13.3. The van der Waals surface area contributed by atoms with E-state index in [1.807, 2.05) is 16.8 Å². The van der Waals surface area contributed by atoms with Crippen LogP contribution in [0, 0.1) is 0 Å². The number of nitrogens with one attached hydrogen (secondary N) is 1. The van der Waals surface area contributed by atoms with Crippen molar-refractivity contribution < 1.29 is 4.52 Å². The molecule has 0 amide bonds. The summed E-state index contributed by atoms with van der Waals surface area (Å²) in [7, 11) is 0. The van der Waals surface area contributed by atoms with E-state index < -0.39 is 0 Å².